The van der Waals surface area contributed by atoms with Crippen molar-refractivity contribution in [2.24, 2.45) is 5.73 Å². The summed E-state index contributed by atoms with van der Waals surface area (Å²) in [7, 11) is -3.48. The third-order valence-corrected chi connectivity index (χ3v) is 7.92. The Kier molecular flexibility index (Phi) is 5.20. The van der Waals surface area contributed by atoms with E-state index in [4.69, 9.17) is 29.6 Å². The van der Waals surface area contributed by atoms with Gasteiger partial charge in [-0.1, -0.05) is 23.8 Å². The maximum Gasteiger partial charge on any atom is 0.243 e. The van der Waals surface area contributed by atoms with Gasteiger partial charge in [0.2, 0.25) is 10.0 Å². The average Bonchev–Trinajstić information content (AvgIpc) is 2.47. The highest BCUT2D eigenvalue weighted by Gasteiger charge is 2.40. The van der Waals surface area contributed by atoms with Crippen molar-refractivity contribution in [2.75, 3.05) is 19.3 Å². The zero-order valence-electron chi connectivity index (χ0n) is 11.6. The molecule has 1 aromatic carbocycles. The summed E-state index contributed by atoms with van der Waals surface area (Å²) >= 11 is 12.5. The maximum atomic E-state index is 12.6. The minimum Gasteiger partial charge on any atom is -0.392 e. The van der Waals surface area contributed by atoms with Crippen LogP contribution in [0.5, 0.6) is 0 Å². The summed E-state index contributed by atoms with van der Waals surface area (Å²) in [6.07, 6.45) is 3.23. The molecule has 0 saturated carbocycles. The van der Waals surface area contributed by atoms with Crippen LogP contribution >= 0.6 is 35.6 Å². The number of piperidine rings is 1. The Balaban J connectivity index is 2.18. The molecule has 1 aliphatic heterocycles. The Labute approximate surface area is 140 Å². The molecule has 2 N–H and O–H groups in total. The van der Waals surface area contributed by atoms with E-state index in [0.717, 1.165) is 0 Å². The van der Waals surface area contributed by atoms with Gasteiger partial charge in [0.1, 0.15) is 0 Å². The summed E-state index contributed by atoms with van der Waals surface area (Å²) in [5, 5.41) is 0.516. The molecule has 0 aromatic heterocycles. The number of sulfonamides is 1. The monoisotopic (exact) mass is 364 g/mol. The quantitative estimate of drug-likeness (QED) is 0.831. The molecule has 1 saturated heterocycles. The molecule has 21 heavy (non-hydrogen) atoms. The first-order valence-corrected chi connectivity index (χ1v) is 9.88. The molecule has 0 bridgehead atoms. The van der Waals surface area contributed by atoms with E-state index in [-0.39, 0.29) is 9.64 Å². The first kappa shape index (κ1) is 17.0. The second-order valence-corrected chi connectivity index (χ2v) is 8.92. The van der Waals surface area contributed by atoms with Gasteiger partial charge in [0.25, 0.3) is 0 Å². The molecule has 1 aliphatic rings. The van der Waals surface area contributed by atoms with E-state index in [1.54, 1.807) is 23.9 Å². The molecular formula is C13H17ClN2O2S3. The standard InChI is InChI=1S/C13H17ClN2O2S3/c1-20-13(12(15)19)6-8-16(9-7-13)21(17,18)11-4-2-10(14)3-5-11/h2-5H,6-9H2,1H3,(H2,15,19). The Morgan fingerprint density at radius 1 is 1.33 bits per heavy atom. The predicted molar refractivity (Wildman–Crippen MR) is 92.5 cm³/mol. The van der Waals surface area contributed by atoms with Gasteiger partial charge in [-0.25, -0.2) is 8.42 Å². The van der Waals surface area contributed by atoms with Crippen LogP contribution in [0, 0.1) is 0 Å². The van der Waals surface area contributed by atoms with E-state index in [1.807, 2.05) is 6.26 Å². The number of benzene rings is 1. The van der Waals surface area contributed by atoms with Crippen molar-refractivity contribution >= 4 is 50.6 Å². The fraction of sp³-hybridized carbons (Fsp3) is 0.462. The maximum absolute atomic E-state index is 12.6. The Morgan fingerprint density at radius 2 is 1.86 bits per heavy atom. The Bertz CT molecular complexity index is 623. The van der Waals surface area contributed by atoms with Gasteiger partial charge in [-0.2, -0.15) is 16.1 Å². The average molecular weight is 365 g/mol. The normalized spacial score (nSPS) is 19.3. The number of rotatable bonds is 4. The van der Waals surface area contributed by atoms with Crippen LogP contribution in [-0.2, 0) is 10.0 Å². The van der Waals surface area contributed by atoms with Crippen LogP contribution in [0.4, 0.5) is 0 Å². The molecule has 2 rings (SSSR count). The number of halogens is 1. The second-order valence-electron chi connectivity index (χ2n) is 4.92. The highest BCUT2D eigenvalue weighted by Crippen LogP contribution is 2.36. The van der Waals surface area contributed by atoms with Crippen LogP contribution in [0.2, 0.25) is 5.02 Å². The summed E-state index contributed by atoms with van der Waals surface area (Å²) in [6, 6.07) is 6.22. The highest BCUT2D eigenvalue weighted by molar-refractivity contribution is 8.02. The van der Waals surface area contributed by atoms with Gasteiger partial charge in [0.05, 0.1) is 14.6 Å². The van der Waals surface area contributed by atoms with Crippen LogP contribution in [0.3, 0.4) is 0 Å². The summed E-state index contributed by atoms with van der Waals surface area (Å²) in [4.78, 5) is 0.720. The minimum absolute atomic E-state index is 0.263. The predicted octanol–water partition coefficient (Wildman–Crippen LogP) is 2.51. The summed E-state index contributed by atoms with van der Waals surface area (Å²) in [5.41, 5.74) is 5.82. The molecule has 0 unspecified atom stereocenters. The fourth-order valence-corrected chi connectivity index (χ4v) is 5.21. The van der Waals surface area contributed by atoms with Crippen molar-refractivity contribution in [2.45, 2.75) is 22.5 Å². The van der Waals surface area contributed by atoms with E-state index in [1.165, 1.54) is 16.4 Å². The highest BCUT2D eigenvalue weighted by atomic mass is 35.5. The molecule has 1 aromatic rings. The molecule has 116 valence electrons. The molecule has 0 amide bonds. The van der Waals surface area contributed by atoms with Crippen LogP contribution in [-0.4, -0.2) is 41.8 Å². The third kappa shape index (κ3) is 3.37. The molecule has 0 spiro atoms. The third-order valence-electron chi connectivity index (χ3n) is 3.82. The van der Waals surface area contributed by atoms with E-state index < -0.39 is 10.0 Å². The van der Waals surface area contributed by atoms with E-state index in [2.05, 4.69) is 0 Å². The molecule has 0 aliphatic carbocycles. The lowest BCUT2D eigenvalue weighted by Crippen LogP contribution is -2.50. The van der Waals surface area contributed by atoms with E-state index in [9.17, 15) is 8.42 Å². The van der Waals surface area contributed by atoms with Crippen molar-refractivity contribution in [3.05, 3.63) is 29.3 Å². The molecule has 0 radical (unpaired) electrons. The molecule has 8 heteroatoms. The van der Waals surface area contributed by atoms with Gasteiger partial charge in [-0.3, -0.25) is 0 Å². The van der Waals surface area contributed by atoms with Gasteiger partial charge in [-0.15, -0.1) is 0 Å². The number of thiocarbonyl (C=S) groups is 1. The summed E-state index contributed by atoms with van der Waals surface area (Å²) in [5.74, 6) is 0. The molecule has 4 nitrogen and oxygen atoms in total. The van der Waals surface area contributed by atoms with Crippen molar-refractivity contribution in [3.8, 4) is 0 Å². The van der Waals surface area contributed by atoms with Crippen LogP contribution < -0.4 is 5.73 Å². The van der Waals surface area contributed by atoms with Crippen LogP contribution in [0.1, 0.15) is 12.8 Å². The first-order chi connectivity index (χ1) is 9.82. The van der Waals surface area contributed by atoms with Crippen LogP contribution in [0.15, 0.2) is 29.2 Å². The summed E-state index contributed by atoms with van der Waals surface area (Å²) < 4.78 is 26.4. The van der Waals surface area contributed by atoms with E-state index >= 15 is 0 Å². The largest absolute Gasteiger partial charge is 0.392 e. The van der Waals surface area contributed by atoms with Gasteiger partial charge in [0.15, 0.2) is 0 Å². The lowest BCUT2D eigenvalue weighted by atomic mass is 9.97. The summed E-state index contributed by atoms with van der Waals surface area (Å²) in [6.45, 7) is 0.840. The molecular weight excluding hydrogens is 348 g/mol. The van der Waals surface area contributed by atoms with E-state index in [0.29, 0.717) is 35.9 Å². The fourth-order valence-electron chi connectivity index (χ4n) is 2.39. The smallest absolute Gasteiger partial charge is 0.243 e. The SMILES string of the molecule is CSC1(C(N)=S)CCN(S(=O)(=O)c2ccc(Cl)cc2)CC1. The first-order valence-electron chi connectivity index (χ1n) is 6.43. The van der Waals surface area contributed by atoms with Gasteiger partial charge >= 0.3 is 0 Å². The number of thioether (sulfide) groups is 1. The Morgan fingerprint density at radius 3 is 2.29 bits per heavy atom. The molecule has 1 fully saturated rings. The van der Waals surface area contributed by atoms with Gasteiger partial charge < -0.3 is 5.73 Å². The minimum atomic E-state index is -3.48. The van der Waals surface area contributed by atoms with Crippen molar-refractivity contribution in [1.82, 2.24) is 4.31 Å². The van der Waals surface area contributed by atoms with Crippen molar-refractivity contribution < 1.29 is 8.42 Å². The van der Waals surface area contributed by atoms with Crippen LogP contribution in [0.25, 0.3) is 0 Å². The topological polar surface area (TPSA) is 63.4 Å². The van der Waals surface area contributed by atoms with Gasteiger partial charge in [-0.05, 0) is 43.4 Å². The number of nitrogens with two attached hydrogens (primary N) is 1. The second kappa shape index (κ2) is 6.42. The number of nitrogens with zero attached hydrogens (tertiary/aromatic N) is 1. The van der Waals surface area contributed by atoms with Crippen molar-refractivity contribution in [3.63, 3.8) is 0 Å². The molecule has 1 heterocycles. The zero-order chi connectivity index (χ0) is 15.7. The Hall–Kier alpha value is -0.340. The number of hydrogen-bond acceptors (Lipinski definition) is 4. The lowest BCUT2D eigenvalue weighted by Gasteiger charge is -2.39. The van der Waals surface area contributed by atoms with Crippen molar-refractivity contribution in [1.29, 1.82) is 0 Å². The van der Waals surface area contributed by atoms with Gasteiger partial charge in [0, 0.05) is 18.1 Å². The number of hydrogen-bond donors (Lipinski definition) is 1. The zero-order valence-corrected chi connectivity index (χ0v) is 14.8. The lowest BCUT2D eigenvalue weighted by molar-refractivity contribution is 0.333. The molecule has 0 atom stereocenters.